The van der Waals surface area contributed by atoms with Gasteiger partial charge in [0.2, 0.25) is 0 Å². The Bertz CT molecular complexity index is 279. The van der Waals surface area contributed by atoms with E-state index in [1.54, 1.807) is 7.11 Å². The van der Waals surface area contributed by atoms with Gasteiger partial charge in [-0.05, 0) is 36.5 Å². The van der Waals surface area contributed by atoms with Crippen molar-refractivity contribution in [1.29, 1.82) is 0 Å². The average Bonchev–Trinajstić information content (AvgIpc) is 2.30. The lowest BCUT2D eigenvalue weighted by Gasteiger charge is -2.11. The molecule has 2 nitrogen and oxygen atoms in total. The molecule has 0 saturated heterocycles. The van der Waals surface area contributed by atoms with Crippen LogP contribution < -0.4 is 4.74 Å². The van der Waals surface area contributed by atoms with Crippen LogP contribution in [0.5, 0.6) is 5.75 Å². The highest BCUT2D eigenvalue weighted by Crippen LogP contribution is 2.13. The summed E-state index contributed by atoms with van der Waals surface area (Å²) < 4.78 is 10.7. The normalized spacial score (nSPS) is 12.4. The summed E-state index contributed by atoms with van der Waals surface area (Å²) in [5, 5.41) is 0. The molecule has 0 saturated carbocycles. The fourth-order valence-electron chi connectivity index (χ4n) is 1.57. The Balaban J connectivity index is 2.26. The van der Waals surface area contributed by atoms with E-state index in [4.69, 9.17) is 9.47 Å². The van der Waals surface area contributed by atoms with Gasteiger partial charge in [-0.1, -0.05) is 26.0 Å². The summed E-state index contributed by atoms with van der Waals surface area (Å²) in [6.07, 6.45) is 2.11. The minimum atomic E-state index is 0.555. The Labute approximate surface area is 98.6 Å². The number of hydrogen-bond donors (Lipinski definition) is 0. The Morgan fingerprint density at radius 1 is 1.19 bits per heavy atom. The Kier molecular flexibility index (Phi) is 5.94. The van der Waals surface area contributed by atoms with Crippen molar-refractivity contribution in [1.82, 2.24) is 0 Å². The van der Waals surface area contributed by atoms with Crippen molar-refractivity contribution in [2.24, 2.45) is 5.92 Å². The van der Waals surface area contributed by atoms with Crippen molar-refractivity contribution in [2.45, 2.75) is 26.7 Å². The van der Waals surface area contributed by atoms with E-state index in [1.807, 2.05) is 12.1 Å². The third kappa shape index (κ3) is 4.67. The van der Waals surface area contributed by atoms with Crippen LogP contribution in [-0.2, 0) is 11.2 Å². The maximum Gasteiger partial charge on any atom is 0.119 e. The first kappa shape index (κ1) is 13.0. The fourth-order valence-corrected chi connectivity index (χ4v) is 1.57. The Hall–Kier alpha value is -1.02. The number of methoxy groups -OCH3 is 1. The molecule has 0 bridgehead atoms. The van der Waals surface area contributed by atoms with E-state index in [-0.39, 0.29) is 0 Å². The first-order valence-corrected chi connectivity index (χ1v) is 5.97. The predicted molar refractivity (Wildman–Crippen MR) is 67.0 cm³/mol. The molecular weight excluding hydrogens is 200 g/mol. The highest BCUT2D eigenvalue weighted by atomic mass is 16.5. The minimum Gasteiger partial charge on any atom is -0.494 e. The molecular formula is C14H22O2. The van der Waals surface area contributed by atoms with Gasteiger partial charge in [-0.25, -0.2) is 0 Å². The summed E-state index contributed by atoms with van der Waals surface area (Å²) in [5.74, 6) is 1.52. The topological polar surface area (TPSA) is 18.5 Å². The monoisotopic (exact) mass is 222 g/mol. The van der Waals surface area contributed by atoms with E-state index in [9.17, 15) is 0 Å². The summed E-state index contributed by atoms with van der Waals surface area (Å²) in [4.78, 5) is 0. The van der Waals surface area contributed by atoms with Crippen molar-refractivity contribution >= 4 is 0 Å². The summed E-state index contributed by atoms with van der Waals surface area (Å²) >= 11 is 0. The van der Waals surface area contributed by atoms with Crippen LogP contribution in [0.4, 0.5) is 0 Å². The maximum absolute atomic E-state index is 5.67. The summed E-state index contributed by atoms with van der Waals surface area (Å²) in [7, 11) is 1.74. The molecule has 1 rings (SSSR count). The lowest BCUT2D eigenvalue weighted by atomic mass is 10.1. The molecule has 0 aliphatic rings. The highest BCUT2D eigenvalue weighted by Gasteiger charge is 2.01. The zero-order valence-electron chi connectivity index (χ0n) is 10.5. The SMILES string of the molecule is CCc1ccc(OCCC(C)COC)cc1. The van der Waals surface area contributed by atoms with Crippen LogP contribution in [0.25, 0.3) is 0 Å². The molecule has 1 atom stereocenters. The second kappa shape index (κ2) is 7.29. The van der Waals surface area contributed by atoms with Crippen molar-refractivity contribution in [3.05, 3.63) is 29.8 Å². The van der Waals surface area contributed by atoms with Crippen molar-refractivity contribution in [3.8, 4) is 5.75 Å². The van der Waals surface area contributed by atoms with Gasteiger partial charge in [-0.15, -0.1) is 0 Å². The third-order valence-electron chi connectivity index (χ3n) is 2.66. The standard InChI is InChI=1S/C14H22O2/c1-4-13-5-7-14(8-6-13)16-10-9-12(2)11-15-3/h5-8,12H,4,9-11H2,1-3H3. The van der Waals surface area contributed by atoms with E-state index >= 15 is 0 Å². The van der Waals surface area contributed by atoms with Crippen LogP contribution in [0.3, 0.4) is 0 Å². The first-order chi connectivity index (χ1) is 7.76. The number of aryl methyl sites for hydroxylation is 1. The molecule has 0 aliphatic carbocycles. The van der Waals surface area contributed by atoms with E-state index in [1.165, 1.54) is 5.56 Å². The largest absolute Gasteiger partial charge is 0.494 e. The second-order valence-electron chi connectivity index (χ2n) is 4.20. The molecule has 0 fully saturated rings. The van der Waals surface area contributed by atoms with Crippen LogP contribution in [-0.4, -0.2) is 20.3 Å². The number of ether oxygens (including phenoxy) is 2. The van der Waals surface area contributed by atoms with E-state index in [2.05, 4.69) is 26.0 Å². The average molecular weight is 222 g/mol. The van der Waals surface area contributed by atoms with Crippen LogP contribution in [0.15, 0.2) is 24.3 Å². The zero-order valence-corrected chi connectivity index (χ0v) is 10.5. The molecule has 1 aromatic rings. The fraction of sp³-hybridized carbons (Fsp3) is 0.571. The molecule has 1 aromatic carbocycles. The van der Waals surface area contributed by atoms with Crippen molar-refractivity contribution in [2.75, 3.05) is 20.3 Å². The van der Waals surface area contributed by atoms with Gasteiger partial charge in [0.05, 0.1) is 6.61 Å². The molecule has 0 spiro atoms. The second-order valence-corrected chi connectivity index (χ2v) is 4.20. The number of benzene rings is 1. The molecule has 2 heteroatoms. The number of hydrogen-bond acceptors (Lipinski definition) is 2. The summed E-state index contributed by atoms with van der Waals surface area (Å²) in [5.41, 5.74) is 1.35. The molecule has 0 aliphatic heterocycles. The molecule has 0 aromatic heterocycles. The molecule has 0 radical (unpaired) electrons. The van der Waals surface area contributed by atoms with Gasteiger partial charge < -0.3 is 9.47 Å². The maximum atomic E-state index is 5.67. The van der Waals surface area contributed by atoms with Gasteiger partial charge >= 0.3 is 0 Å². The minimum absolute atomic E-state index is 0.555. The summed E-state index contributed by atoms with van der Waals surface area (Å²) in [6, 6.07) is 8.32. The highest BCUT2D eigenvalue weighted by molar-refractivity contribution is 5.27. The molecule has 1 unspecified atom stereocenters. The van der Waals surface area contributed by atoms with Crippen LogP contribution in [0.1, 0.15) is 25.8 Å². The predicted octanol–water partition coefficient (Wildman–Crippen LogP) is 3.30. The molecule has 0 N–H and O–H groups in total. The van der Waals surface area contributed by atoms with Gasteiger partial charge in [-0.3, -0.25) is 0 Å². The van der Waals surface area contributed by atoms with Gasteiger partial charge in [0.25, 0.3) is 0 Å². The van der Waals surface area contributed by atoms with Crippen molar-refractivity contribution < 1.29 is 9.47 Å². The first-order valence-electron chi connectivity index (χ1n) is 5.97. The lowest BCUT2D eigenvalue weighted by Crippen LogP contribution is -2.09. The molecule has 0 amide bonds. The van der Waals surface area contributed by atoms with E-state index in [0.29, 0.717) is 5.92 Å². The van der Waals surface area contributed by atoms with Gasteiger partial charge in [0, 0.05) is 13.7 Å². The van der Waals surface area contributed by atoms with Gasteiger partial charge in [0.1, 0.15) is 5.75 Å². The summed E-state index contributed by atoms with van der Waals surface area (Å²) in [6.45, 7) is 5.89. The van der Waals surface area contributed by atoms with E-state index < -0.39 is 0 Å². The smallest absolute Gasteiger partial charge is 0.119 e. The van der Waals surface area contributed by atoms with Gasteiger partial charge in [-0.2, -0.15) is 0 Å². The Morgan fingerprint density at radius 2 is 1.88 bits per heavy atom. The van der Waals surface area contributed by atoms with Gasteiger partial charge in [0.15, 0.2) is 0 Å². The van der Waals surface area contributed by atoms with Crippen LogP contribution in [0, 0.1) is 5.92 Å². The third-order valence-corrected chi connectivity index (χ3v) is 2.66. The zero-order chi connectivity index (χ0) is 11.8. The van der Waals surface area contributed by atoms with Crippen LogP contribution >= 0.6 is 0 Å². The molecule has 16 heavy (non-hydrogen) atoms. The molecule has 90 valence electrons. The van der Waals surface area contributed by atoms with Crippen molar-refractivity contribution in [3.63, 3.8) is 0 Å². The quantitative estimate of drug-likeness (QED) is 0.704. The molecule has 0 heterocycles. The van der Waals surface area contributed by atoms with E-state index in [0.717, 1.165) is 31.8 Å². The lowest BCUT2D eigenvalue weighted by molar-refractivity contribution is 0.144. The Morgan fingerprint density at radius 3 is 2.44 bits per heavy atom. The van der Waals surface area contributed by atoms with Crippen LogP contribution in [0.2, 0.25) is 0 Å². The number of rotatable bonds is 7.